The third-order valence-corrected chi connectivity index (χ3v) is 4.15. The van der Waals surface area contributed by atoms with Gasteiger partial charge in [0.25, 0.3) is 0 Å². The lowest BCUT2D eigenvalue weighted by Gasteiger charge is -2.25. The largest absolute Gasteiger partial charge is 0.477 e. The summed E-state index contributed by atoms with van der Waals surface area (Å²) in [5.74, 6) is 3.47. The number of hydrogen-bond donors (Lipinski definition) is 1. The van der Waals surface area contributed by atoms with Crippen molar-refractivity contribution in [2.45, 2.75) is 65.7 Å². The first kappa shape index (κ1) is 16.1. The van der Waals surface area contributed by atoms with Crippen LogP contribution in [0.3, 0.4) is 0 Å². The van der Waals surface area contributed by atoms with E-state index in [-0.39, 0.29) is 0 Å². The van der Waals surface area contributed by atoms with Gasteiger partial charge in [0.05, 0.1) is 12.2 Å². The van der Waals surface area contributed by atoms with E-state index in [0.717, 1.165) is 67.8 Å². The zero-order chi connectivity index (χ0) is 15.1. The fraction of sp³-hybridized carbons (Fsp3) is 0.765. The van der Waals surface area contributed by atoms with Crippen LogP contribution in [0.4, 0.5) is 5.82 Å². The standard InChI is InChI=1S/C17H29N3O/c1-4-7-15-19-16(18-11-5-2)13(3)17(20-15)21-12-10-14-8-6-9-14/h14H,4-12H2,1-3H3,(H,18,19,20). The van der Waals surface area contributed by atoms with E-state index in [1.807, 2.05) is 6.92 Å². The van der Waals surface area contributed by atoms with Gasteiger partial charge in [-0.25, -0.2) is 4.98 Å². The molecule has 1 heterocycles. The summed E-state index contributed by atoms with van der Waals surface area (Å²) in [6.45, 7) is 8.07. The highest BCUT2D eigenvalue weighted by atomic mass is 16.5. The van der Waals surface area contributed by atoms with E-state index in [4.69, 9.17) is 4.74 Å². The minimum absolute atomic E-state index is 0.770. The zero-order valence-electron chi connectivity index (χ0n) is 13.7. The van der Waals surface area contributed by atoms with E-state index >= 15 is 0 Å². The fourth-order valence-electron chi connectivity index (χ4n) is 2.54. The minimum Gasteiger partial charge on any atom is -0.477 e. The van der Waals surface area contributed by atoms with Crippen LogP contribution in [-0.2, 0) is 6.42 Å². The average Bonchev–Trinajstić information content (AvgIpc) is 2.43. The van der Waals surface area contributed by atoms with Gasteiger partial charge in [-0.2, -0.15) is 4.98 Å². The number of nitrogens with zero attached hydrogens (tertiary/aromatic N) is 2. The molecule has 2 rings (SSSR count). The molecule has 1 saturated carbocycles. The summed E-state index contributed by atoms with van der Waals surface area (Å²) in [6, 6.07) is 0. The van der Waals surface area contributed by atoms with Crippen LogP contribution in [-0.4, -0.2) is 23.1 Å². The predicted molar refractivity (Wildman–Crippen MR) is 87.0 cm³/mol. The Morgan fingerprint density at radius 1 is 1.19 bits per heavy atom. The van der Waals surface area contributed by atoms with E-state index in [1.165, 1.54) is 19.3 Å². The van der Waals surface area contributed by atoms with Gasteiger partial charge in [0, 0.05) is 13.0 Å². The Bertz CT molecular complexity index is 444. The molecule has 0 bridgehead atoms. The van der Waals surface area contributed by atoms with Crippen LogP contribution in [0.2, 0.25) is 0 Å². The summed E-state index contributed by atoms with van der Waals surface area (Å²) < 4.78 is 5.96. The maximum atomic E-state index is 5.96. The van der Waals surface area contributed by atoms with Gasteiger partial charge in [0.15, 0.2) is 0 Å². The summed E-state index contributed by atoms with van der Waals surface area (Å²) in [5, 5.41) is 3.39. The van der Waals surface area contributed by atoms with Crippen molar-refractivity contribution in [3.8, 4) is 5.88 Å². The number of rotatable bonds is 9. The highest BCUT2D eigenvalue weighted by Crippen LogP contribution is 2.30. The van der Waals surface area contributed by atoms with Gasteiger partial charge in [0.2, 0.25) is 5.88 Å². The van der Waals surface area contributed by atoms with Crippen LogP contribution < -0.4 is 10.1 Å². The van der Waals surface area contributed by atoms with Crippen LogP contribution in [0.15, 0.2) is 0 Å². The number of hydrogen-bond acceptors (Lipinski definition) is 4. The van der Waals surface area contributed by atoms with Crippen molar-refractivity contribution in [2.75, 3.05) is 18.5 Å². The molecule has 1 aliphatic rings. The highest BCUT2D eigenvalue weighted by Gasteiger charge is 2.18. The number of aromatic nitrogens is 2. The summed E-state index contributed by atoms with van der Waals surface area (Å²) in [5.41, 5.74) is 1.04. The van der Waals surface area contributed by atoms with E-state index in [0.29, 0.717) is 0 Å². The molecule has 21 heavy (non-hydrogen) atoms. The van der Waals surface area contributed by atoms with Crippen molar-refractivity contribution in [3.05, 3.63) is 11.4 Å². The monoisotopic (exact) mass is 291 g/mol. The third-order valence-electron chi connectivity index (χ3n) is 4.15. The molecular weight excluding hydrogens is 262 g/mol. The lowest BCUT2D eigenvalue weighted by Crippen LogP contribution is -2.16. The van der Waals surface area contributed by atoms with Crippen molar-refractivity contribution < 1.29 is 4.74 Å². The lowest BCUT2D eigenvalue weighted by molar-refractivity contribution is 0.216. The molecule has 1 aliphatic carbocycles. The van der Waals surface area contributed by atoms with Gasteiger partial charge in [-0.3, -0.25) is 0 Å². The van der Waals surface area contributed by atoms with Crippen LogP contribution in [0, 0.1) is 12.8 Å². The van der Waals surface area contributed by atoms with E-state index in [9.17, 15) is 0 Å². The SMILES string of the molecule is CCCNc1nc(CCC)nc(OCCC2CCC2)c1C. The van der Waals surface area contributed by atoms with Crippen LogP contribution in [0.1, 0.15) is 63.8 Å². The summed E-state index contributed by atoms with van der Waals surface area (Å²) >= 11 is 0. The van der Waals surface area contributed by atoms with Gasteiger partial charge in [-0.1, -0.05) is 33.1 Å². The number of anilines is 1. The molecule has 0 aliphatic heterocycles. The average molecular weight is 291 g/mol. The van der Waals surface area contributed by atoms with E-state index < -0.39 is 0 Å². The molecule has 118 valence electrons. The van der Waals surface area contributed by atoms with Crippen LogP contribution in [0.25, 0.3) is 0 Å². The third kappa shape index (κ3) is 4.58. The van der Waals surface area contributed by atoms with Crippen molar-refractivity contribution >= 4 is 5.82 Å². The molecule has 0 radical (unpaired) electrons. The van der Waals surface area contributed by atoms with Crippen molar-refractivity contribution in [1.29, 1.82) is 0 Å². The Morgan fingerprint density at radius 3 is 2.62 bits per heavy atom. The molecular formula is C17H29N3O. The Kier molecular flexibility index (Phi) is 6.27. The maximum Gasteiger partial charge on any atom is 0.221 e. The predicted octanol–water partition coefficient (Wildman–Crippen LogP) is 4.13. The second-order valence-electron chi connectivity index (χ2n) is 6.03. The first-order chi connectivity index (χ1) is 10.2. The molecule has 0 aromatic carbocycles. The van der Waals surface area contributed by atoms with Crippen LogP contribution in [0.5, 0.6) is 5.88 Å². The van der Waals surface area contributed by atoms with Crippen molar-refractivity contribution in [3.63, 3.8) is 0 Å². The van der Waals surface area contributed by atoms with Crippen molar-refractivity contribution in [2.24, 2.45) is 5.92 Å². The first-order valence-corrected chi connectivity index (χ1v) is 8.48. The van der Waals surface area contributed by atoms with Crippen molar-refractivity contribution in [1.82, 2.24) is 9.97 Å². The number of ether oxygens (including phenoxy) is 1. The second-order valence-corrected chi connectivity index (χ2v) is 6.03. The molecule has 0 atom stereocenters. The quantitative estimate of drug-likeness (QED) is 0.743. The summed E-state index contributed by atoms with van der Waals surface area (Å²) in [4.78, 5) is 9.23. The second kappa shape index (κ2) is 8.20. The van der Waals surface area contributed by atoms with Gasteiger partial charge < -0.3 is 10.1 Å². The van der Waals surface area contributed by atoms with Gasteiger partial charge in [-0.05, 0) is 32.1 Å². The molecule has 1 aromatic heterocycles. The van der Waals surface area contributed by atoms with Crippen LogP contribution >= 0.6 is 0 Å². The first-order valence-electron chi connectivity index (χ1n) is 8.48. The molecule has 0 saturated heterocycles. The number of nitrogens with one attached hydrogen (secondary N) is 1. The molecule has 0 spiro atoms. The highest BCUT2D eigenvalue weighted by molar-refractivity contribution is 5.48. The van der Waals surface area contributed by atoms with E-state index in [1.54, 1.807) is 0 Å². The Hall–Kier alpha value is -1.32. The Balaban J connectivity index is 2.02. The summed E-state index contributed by atoms with van der Waals surface area (Å²) in [6.07, 6.45) is 8.34. The molecule has 4 heteroatoms. The lowest BCUT2D eigenvalue weighted by atomic mass is 9.83. The van der Waals surface area contributed by atoms with Gasteiger partial charge >= 0.3 is 0 Å². The molecule has 1 fully saturated rings. The molecule has 1 N–H and O–H groups in total. The normalized spacial score (nSPS) is 14.8. The molecule has 0 unspecified atom stereocenters. The Labute approximate surface area is 128 Å². The Morgan fingerprint density at radius 2 is 2.00 bits per heavy atom. The topological polar surface area (TPSA) is 47.0 Å². The van der Waals surface area contributed by atoms with Gasteiger partial charge in [0.1, 0.15) is 11.6 Å². The summed E-state index contributed by atoms with van der Waals surface area (Å²) in [7, 11) is 0. The molecule has 1 aromatic rings. The fourth-order valence-corrected chi connectivity index (χ4v) is 2.54. The van der Waals surface area contributed by atoms with E-state index in [2.05, 4.69) is 29.1 Å². The zero-order valence-corrected chi connectivity index (χ0v) is 13.7. The maximum absolute atomic E-state index is 5.96. The molecule has 4 nitrogen and oxygen atoms in total. The smallest absolute Gasteiger partial charge is 0.221 e. The number of aryl methyl sites for hydroxylation is 1. The minimum atomic E-state index is 0.770. The van der Waals surface area contributed by atoms with Gasteiger partial charge in [-0.15, -0.1) is 0 Å². The molecule has 0 amide bonds.